The van der Waals surface area contributed by atoms with E-state index in [1.807, 2.05) is 0 Å². The van der Waals surface area contributed by atoms with Gasteiger partial charge in [0.1, 0.15) is 0 Å². The van der Waals surface area contributed by atoms with Gasteiger partial charge >= 0.3 is 0 Å². The van der Waals surface area contributed by atoms with Gasteiger partial charge in [-0.25, -0.2) is 0 Å². The summed E-state index contributed by atoms with van der Waals surface area (Å²) in [6, 6.07) is 10.8. The maximum atomic E-state index is 4.52. The summed E-state index contributed by atoms with van der Waals surface area (Å²) in [5.41, 5.74) is 1.41. The zero-order valence-electron chi connectivity index (χ0n) is 12.0. The fourth-order valence-electron chi connectivity index (χ4n) is 2.78. The van der Waals surface area contributed by atoms with Crippen molar-refractivity contribution in [1.29, 1.82) is 0 Å². The van der Waals surface area contributed by atoms with E-state index in [2.05, 4.69) is 59.8 Å². The molecule has 1 unspecified atom stereocenters. The predicted octanol–water partition coefficient (Wildman–Crippen LogP) is 2.73. The minimum absolute atomic E-state index is 0.535. The molecular weight excluding hydrogens is 252 g/mol. The van der Waals surface area contributed by atoms with Crippen LogP contribution >= 0.6 is 12.6 Å². The number of nitrogens with zero attached hydrogens (tertiary/aromatic N) is 2. The Hall–Kier alpha value is -0.510. The van der Waals surface area contributed by atoms with Gasteiger partial charge in [-0.1, -0.05) is 30.3 Å². The molecule has 1 aromatic carbocycles. The van der Waals surface area contributed by atoms with E-state index in [0.29, 0.717) is 5.92 Å². The summed E-state index contributed by atoms with van der Waals surface area (Å²) >= 11 is 4.52. The van der Waals surface area contributed by atoms with Crippen LogP contribution in [-0.2, 0) is 0 Å². The Kier molecular flexibility index (Phi) is 6.21. The molecule has 0 N–H and O–H groups in total. The van der Waals surface area contributed by atoms with E-state index in [1.54, 1.807) is 0 Å². The third-order valence-corrected chi connectivity index (χ3v) is 4.46. The molecule has 0 saturated carbocycles. The Morgan fingerprint density at radius 1 is 1.21 bits per heavy atom. The number of likely N-dealkylation sites (N-methyl/N-ethyl adjacent to an activating group) is 1. The number of thiol groups is 1. The topological polar surface area (TPSA) is 6.48 Å². The van der Waals surface area contributed by atoms with Crippen molar-refractivity contribution >= 4 is 12.6 Å². The van der Waals surface area contributed by atoms with Crippen LogP contribution in [0.1, 0.15) is 24.3 Å². The highest BCUT2D eigenvalue weighted by Crippen LogP contribution is 2.18. The van der Waals surface area contributed by atoms with Crippen LogP contribution in [0.3, 0.4) is 0 Å². The number of likely N-dealkylation sites (tertiary alicyclic amines) is 1. The molecule has 2 nitrogen and oxygen atoms in total. The number of hydrogen-bond acceptors (Lipinski definition) is 3. The molecule has 0 spiro atoms. The van der Waals surface area contributed by atoms with Crippen molar-refractivity contribution in [2.45, 2.75) is 18.8 Å². The van der Waals surface area contributed by atoms with Crippen LogP contribution in [0, 0.1) is 0 Å². The zero-order valence-corrected chi connectivity index (χ0v) is 12.9. The molecule has 0 aromatic heterocycles. The Balaban J connectivity index is 1.77. The molecule has 0 amide bonds. The summed E-state index contributed by atoms with van der Waals surface area (Å²) in [4.78, 5) is 5.03. The SMILES string of the molecule is CN(CCN1CCCC1)CC(CS)c1ccccc1. The summed E-state index contributed by atoms with van der Waals surface area (Å²) in [7, 11) is 2.23. The molecular formula is C16H26N2S. The molecule has 1 heterocycles. The van der Waals surface area contributed by atoms with Crippen molar-refractivity contribution in [3.63, 3.8) is 0 Å². The molecule has 1 atom stereocenters. The van der Waals surface area contributed by atoms with E-state index >= 15 is 0 Å². The van der Waals surface area contributed by atoms with Crippen molar-refractivity contribution in [1.82, 2.24) is 9.80 Å². The largest absolute Gasteiger partial charge is 0.304 e. The smallest absolute Gasteiger partial charge is 0.0109 e. The van der Waals surface area contributed by atoms with Gasteiger partial charge in [-0.05, 0) is 44.3 Å². The highest BCUT2D eigenvalue weighted by molar-refractivity contribution is 7.80. The van der Waals surface area contributed by atoms with Gasteiger partial charge in [-0.2, -0.15) is 12.6 Å². The van der Waals surface area contributed by atoms with E-state index in [4.69, 9.17) is 0 Å². The van der Waals surface area contributed by atoms with E-state index in [1.165, 1.54) is 38.0 Å². The summed E-state index contributed by atoms with van der Waals surface area (Å²) in [5.74, 6) is 1.45. The predicted molar refractivity (Wildman–Crippen MR) is 86.2 cm³/mol. The Morgan fingerprint density at radius 3 is 2.53 bits per heavy atom. The molecule has 1 saturated heterocycles. The summed E-state index contributed by atoms with van der Waals surface area (Å²) in [6.07, 6.45) is 2.76. The van der Waals surface area contributed by atoms with Gasteiger partial charge in [-0.15, -0.1) is 0 Å². The monoisotopic (exact) mass is 278 g/mol. The fraction of sp³-hybridized carbons (Fsp3) is 0.625. The lowest BCUT2D eigenvalue weighted by atomic mass is 10.0. The van der Waals surface area contributed by atoms with Crippen LogP contribution in [0.25, 0.3) is 0 Å². The Labute approximate surface area is 123 Å². The second-order valence-electron chi connectivity index (χ2n) is 5.60. The van der Waals surface area contributed by atoms with Crippen molar-refractivity contribution in [2.24, 2.45) is 0 Å². The van der Waals surface area contributed by atoms with E-state index in [0.717, 1.165) is 18.8 Å². The van der Waals surface area contributed by atoms with Gasteiger partial charge in [0.15, 0.2) is 0 Å². The maximum Gasteiger partial charge on any atom is 0.0109 e. The maximum absolute atomic E-state index is 4.52. The molecule has 0 radical (unpaired) electrons. The van der Waals surface area contributed by atoms with Gasteiger partial charge in [0.05, 0.1) is 0 Å². The molecule has 1 aliphatic rings. The fourth-order valence-corrected chi connectivity index (χ4v) is 3.11. The molecule has 106 valence electrons. The van der Waals surface area contributed by atoms with Crippen molar-refractivity contribution in [3.8, 4) is 0 Å². The lowest BCUT2D eigenvalue weighted by molar-refractivity contribution is 0.250. The highest BCUT2D eigenvalue weighted by Gasteiger charge is 2.15. The van der Waals surface area contributed by atoms with Crippen LogP contribution in [0.2, 0.25) is 0 Å². The summed E-state index contributed by atoms with van der Waals surface area (Å²) < 4.78 is 0. The minimum atomic E-state index is 0.535. The van der Waals surface area contributed by atoms with Gasteiger partial charge in [0, 0.05) is 25.6 Å². The van der Waals surface area contributed by atoms with Crippen LogP contribution in [0.4, 0.5) is 0 Å². The quantitative estimate of drug-likeness (QED) is 0.766. The van der Waals surface area contributed by atoms with Crippen LogP contribution < -0.4 is 0 Å². The minimum Gasteiger partial charge on any atom is -0.304 e. The standard InChI is InChI=1S/C16H26N2S/c1-17(11-12-18-9-5-6-10-18)13-16(14-19)15-7-3-2-4-8-15/h2-4,7-8,16,19H,5-6,9-14H2,1H3. The Morgan fingerprint density at radius 2 is 1.89 bits per heavy atom. The Bertz CT molecular complexity index is 349. The average molecular weight is 278 g/mol. The van der Waals surface area contributed by atoms with Crippen LogP contribution in [0.15, 0.2) is 30.3 Å². The number of benzene rings is 1. The first-order chi connectivity index (χ1) is 9.29. The van der Waals surface area contributed by atoms with Crippen molar-refractivity contribution < 1.29 is 0 Å². The van der Waals surface area contributed by atoms with Gasteiger partial charge in [0.2, 0.25) is 0 Å². The second-order valence-corrected chi connectivity index (χ2v) is 5.97. The van der Waals surface area contributed by atoms with E-state index < -0.39 is 0 Å². The van der Waals surface area contributed by atoms with Crippen molar-refractivity contribution in [2.75, 3.05) is 45.5 Å². The third kappa shape index (κ3) is 4.83. The third-order valence-electron chi connectivity index (χ3n) is 4.02. The normalized spacial score (nSPS) is 18.1. The average Bonchev–Trinajstić information content (AvgIpc) is 2.97. The lowest BCUT2D eigenvalue weighted by Crippen LogP contribution is -2.34. The molecule has 0 aliphatic carbocycles. The van der Waals surface area contributed by atoms with Gasteiger partial charge in [0.25, 0.3) is 0 Å². The molecule has 0 bridgehead atoms. The van der Waals surface area contributed by atoms with E-state index in [9.17, 15) is 0 Å². The van der Waals surface area contributed by atoms with Gasteiger partial charge < -0.3 is 9.80 Å². The molecule has 1 fully saturated rings. The van der Waals surface area contributed by atoms with Crippen LogP contribution in [-0.4, -0.2) is 55.3 Å². The second kappa shape index (κ2) is 7.93. The summed E-state index contributed by atoms with van der Waals surface area (Å²) in [6.45, 7) is 6.06. The van der Waals surface area contributed by atoms with Gasteiger partial charge in [-0.3, -0.25) is 0 Å². The van der Waals surface area contributed by atoms with Crippen LogP contribution in [0.5, 0.6) is 0 Å². The molecule has 2 rings (SSSR count). The highest BCUT2D eigenvalue weighted by atomic mass is 32.1. The van der Waals surface area contributed by atoms with Crippen molar-refractivity contribution in [3.05, 3.63) is 35.9 Å². The van der Waals surface area contributed by atoms with E-state index in [-0.39, 0.29) is 0 Å². The first-order valence-corrected chi connectivity index (χ1v) is 7.99. The first kappa shape index (κ1) is 14.9. The lowest BCUT2D eigenvalue weighted by Gasteiger charge is -2.25. The summed E-state index contributed by atoms with van der Waals surface area (Å²) in [5, 5.41) is 0. The zero-order chi connectivity index (χ0) is 13.5. The molecule has 19 heavy (non-hydrogen) atoms. The number of hydrogen-bond donors (Lipinski definition) is 1. The number of rotatable bonds is 7. The molecule has 1 aromatic rings. The molecule has 3 heteroatoms. The first-order valence-electron chi connectivity index (χ1n) is 7.36. The molecule has 1 aliphatic heterocycles.